The molecule has 2 heterocycles. The average molecular weight is 636 g/mol. The third kappa shape index (κ3) is 6.15. The number of carboxylic acid groups (broad SMARTS) is 2. The number of anilines is 3. The lowest BCUT2D eigenvalue weighted by atomic mass is 9.79. The van der Waals surface area contributed by atoms with E-state index < -0.39 is 80.6 Å². The Kier molecular flexibility index (Phi) is 8.86. The van der Waals surface area contributed by atoms with Gasteiger partial charge in [0.25, 0.3) is 0 Å². The van der Waals surface area contributed by atoms with Crippen molar-refractivity contribution in [3.05, 3.63) is 41.2 Å². The summed E-state index contributed by atoms with van der Waals surface area (Å²) in [6, 6.07) is 2.13. The minimum atomic E-state index is -3.96. The molecule has 0 saturated heterocycles. The van der Waals surface area contributed by atoms with Crippen LogP contribution in [-0.2, 0) is 40.2 Å². The molecule has 0 radical (unpaired) electrons. The lowest BCUT2D eigenvalue weighted by Gasteiger charge is -2.36. The monoisotopic (exact) mass is 635 g/mol. The summed E-state index contributed by atoms with van der Waals surface area (Å²) in [5, 5.41) is 25.0. The standard InChI is InChI=1S/C28H30FN3O11S/c1-5-43-21-10-16-13(7-20(21)42-3)6-17(31-16)15(11-44(4,40)41)24-23(25(34)27(36)37)22-18(30-12(2)33)8-14(29)9-19(22)32(24)26(35)28(38)39/h7-10,15,17,23-24,31H,5-6,11H2,1-4H3,(H,30,33)(H,36,37)(H,38,39). The fourth-order valence-electron chi connectivity index (χ4n) is 5.99. The number of carbonyl (C=O) groups excluding carboxylic acids is 3. The van der Waals surface area contributed by atoms with Crippen LogP contribution < -0.4 is 25.0 Å². The van der Waals surface area contributed by atoms with Gasteiger partial charge in [-0.2, -0.15) is 0 Å². The second-order valence-electron chi connectivity index (χ2n) is 10.5. The fourth-order valence-corrected chi connectivity index (χ4v) is 7.12. The van der Waals surface area contributed by atoms with Crippen molar-refractivity contribution in [3.63, 3.8) is 0 Å². The van der Waals surface area contributed by atoms with Gasteiger partial charge in [-0.05, 0) is 37.1 Å². The first-order valence-electron chi connectivity index (χ1n) is 13.3. The summed E-state index contributed by atoms with van der Waals surface area (Å²) in [5.41, 5.74) is -0.0605. The Labute approximate surface area is 251 Å². The number of Topliss-reactive ketones (excluding diaryl/α,β-unsaturated/α-hetero) is 1. The van der Waals surface area contributed by atoms with Gasteiger partial charge in [0.2, 0.25) is 11.7 Å². The number of halogens is 1. The number of fused-ring (bicyclic) bond motifs is 2. The van der Waals surface area contributed by atoms with E-state index in [9.17, 15) is 47.0 Å². The van der Waals surface area contributed by atoms with Crippen molar-refractivity contribution < 1.29 is 56.5 Å². The first-order valence-corrected chi connectivity index (χ1v) is 15.4. The predicted molar refractivity (Wildman–Crippen MR) is 153 cm³/mol. The zero-order valence-corrected chi connectivity index (χ0v) is 24.9. The molecule has 2 aromatic rings. The molecule has 4 atom stereocenters. The molecule has 2 aliphatic rings. The van der Waals surface area contributed by atoms with Gasteiger partial charge in [-0.1, -0.05) is 0 Å². The van der Waals surface area contributed by atoms with Crippen LogP contribution in [0.4, 0.5) is 21.5 Å². The summed E-state index contributed by atoms with van der Waals surface area (Å²) in [4.78, 5) is 63.4. The first kappa shape index (κ1) is 32.2. The van der Waals surface area contributed by atoms with Crippen molar-refractivity contribution in [2.24, 2.45) is 5.92 Å². The van der Waals surface area contributed by atoms with E-state index in [1.165, 1.54) is 7.11 Å². The van der Waals surface area contributed by atoms with Crippen molar-refractivity contribution in [2.75, 3.05) is 41.3 Å². The zero-order chi connectivity index (χ0) is 32.7. The number of benzene rings is 2. The number of nitrogens with zero attached hydrogens (tertiary/aromatic N) is 1. The van der Waals surface area contributed by atoms with Crippen LogP contribution in [0.3, 0.4) is 0 Å². The Morgan fingerprint density at radius 1 is 1.11 bits per heavy atom. The summed E-state index contributed by atoms with van der Waals surface area (Å²) in [6.45, 7) is 3.12. The van der Waals surface area contributed by atoms with Gasteiger partial charge in [0.15, 0.2) is 11.5 Å². The van der Waals surface area contributed by atoms with E-state index >= 15 is 0 Å². The topological polar surface area (TPSA) is 206 Å². The highest BCUT2D eigenvalue weighted by Crippen LogP contribution is 2.51. The largest absolute Gasteiger partial charge is 0.493 e. The van der Waals surface area contributed by atoms with Gasteiger partial charge in [0.05, 0.1) is 37.1 Å². The van der Waals surface area contributed by atoms with Gasteiger partial charge in [-0.25, -0.2) is 22.4 Å². The number of ether oxygens (including phenoxy) is 2. The van der Waals surface area contributed by atoms with E-state index in [1.807, 2.05) is 0 Å². The number of methoxy groups -OCH3 is 1. The number of amides is 2. The van der Waals surface area contributed by atoms with E-state index in [2.05, 4.69) is 10.6 Å². The minimum absolute atomic E-state index is 0.0845. The van der Waals surface area contributed by atoms with Crippen molar-refractivity contribution >= 4 is 56.4 Å². The first-order chi connectivity index (χ1) is 20.6. The summed E-state index contributed by atoms with van der Waals surface area (Å²) in [7, 11) is -2.53. The number of nitrogens with one attached hydrogen (secondary N) is 2. The average Bonchev–Trinajstić information content (AvgIpc) is 3.48. The molecular formula is C28H30FN3O11S. The minimum Gasteiger partial charge on any atom is -0.493 e. The summed E-state index contributed by atoms with van der Waals surface area (Å²) < 4.78 is 51.5. The van der Waals surface area contributed by atoms with Gasteiger partial charge >= 0.3 is 17.8 Å². The third-order valence-electron chi connectivity index (χ3n) is 7.46. The molecular weight excluding hydrogens is 605 g/mol. The number of hydrogen-bond donors (Lipinski definition) is 4. The maximum atomic E-state index is 14.9. The third-order valence-corrected chi connectivity index (χ3v) is 8.45. The Bertz CT molecular complexity index is 1680. The van der Waals surface area contributed by atoms with Crippen LogP contribution in [0.2, 0.25) is 0 Å². The lowest BCUT2D eigenvalue weighted by molar-refractivity contribution is -0.150. The molecule has 4 N–H and O–H groups in total. The highest BCUT2D eigenvalue weighted by atomic mass is 32.2. The molecule has 2 aromatic carbocycles. The van der Waals surface area contributed by atoms with Crippen LogP contribution >= 0.6 is 0 Å². The van der Waals surface area contributed by atoms with Gasteiger partial charge in [0, 0.05) is 48.1 Å². The van der Waals surface area contributed by atoms with Crippen molar-refractivity contribution in [1.29, 1.82) is 0 Å². The summed E-state index contributed by atoms with van der Waals surface area (Å²) in [5.74, 6) is -12.2. The van der Waals surface area contributed by atoms with Crippen LogP contribution in [0.15, 0.2) is 24.3 Å². The quantitative estimate of drug-likeness (QED) is 0.274. The molecule has 4 unspecified atom stereocenters. The van der Waals surface area contributed by atoms with Gasteiger partial charge in [0.1, 0.15) is 15.7 Å². The molecule has 14 nitrogen and oxygen atoms in total. The van der Waals surface area contributed by atoms with Crippen molar-refractivity contribution in [1.82, 2.24) is 0 Å². The van der Waals surface area contributed by atoms with Crippen LogP contribution in [0.5, 0.6) is 11.5 Å². The molecule has 0 spiro atoms. The molecule has 0 bridgehead atoms. The molecule has 0 aromatic heterocycles. The van der Waals surface area contributed by atoms with Crippen LogP contribution in [0.1, 0.15) is 30.9 Å². The summed E-state index contributed by atoms with van der Waals surface area (Å²) in [6.07, 6.45) is 0.974. The number of aliphatic carboxylic acids is 2. The van der Waals surface area contributed by atoms with Crippen molar-refractivity contribution in [2.45, 2.75) is 38.3 Å². The van der Waals surface area contributed by atoms with Crippen molar-refractivity contribution in [3.8, 4) is 11.5 Å². The van der Waals surface area contributed by atoms with Crippen LogP contribution in [0, 0.1) is 11.7 Å². The highest BCUT2D eigenvalue weighted by molar-refractivity contribution is 7.90. The van der Waals surface area contributed by atoms with E-state index in [-0.39, 0.29) is 17.7 Å². The van der Waals surface area contributed by atoms with E-state index in [0.29, 0.717) is 34.3 Å². The maximum Gasteiger partial charge on any atom is 0.394 e. The predicted octanol–water partition coefficient (Wildman–Crippen LogP) is 1.43. The molecule has 4 rings (SSSR count). The molecule has 236 valence electrons. The van der Waals surface area contributed by atoms with Crippen LogP contribution in [-0.4, -0.2) is 86.0 Å². The Morgan fingerprint density at radius 2 is 1.80 bits per heavy atom. The number of rotatable bonds is 10. The number of hydrogen-bond acceptors (Lipinski definition) is 10. The fraction of sp³-hybridized carbons (Fsp3) is 0.393. The molecule has 44 heavy (non-hydrogen) atoms. The maximum absolute atomic E-state index is 14.9. The Balaban J connectivity index is 1.97. The number of ketones is 1. The molecule has 0 fully saturated rings. The highest BCUT2D eigenvalue weighted by Gasteiger charge is 2.55. The van der Waals surface area contributed by atoms with E-state index in [4.69, 9.17) is 9.47 Å². The SMILES string of the molecule is CCOc1cc2c(cc1OC)CC(C(CS(C)(=O)=O)C1C(C(=O)C(=O)O)c3c(NC(C)=O)cc(F)cc3N1C(=O)C(=O)O)N2. The smallest absolute Gasteiger partial charge is 0.394 e. The van der Waals surface area contributed by atoms with E-state index in [1.54, 1.807) is 19.1 Å². The summed E-state index contributed by atoms with van der Waals surface area (Å²) >= 11 is 0. The van der Waals surface area contributed by atoms with Gasteiger partial charge in [-0.3, -0.25) is 19.3 Å². The molecule has 0 saturated carbocycles. The Morgan fingerprint density at radius 3 is 2.34 bits per heavy atom. The number of carbonyl (C=O) groups is 5. The normalized spacial score (nSPS) is 19.3. The van der Waals surface area contributed by atoms with Gasteiger partial charge < -0.3 is 30.3 Å². The second-order valence-corrected chi connectivity index (χ2v) is 12.7. The molecule has 0 aliphatic carbocycles. The molecule has 2 aliphatic heterocycles. The second kappa shape index (κ2) is 12.1. The van der Waals surface area contributed by atoms with Gasteiger partial charge in [-0.15, -0.1) is 0 Å². The Hall–Kier alpha value is -4.73. The van der Waals surface area contributed by atoms with Crippen LogP contribution in [0.25, 0.3) is 0 Å². The number of carboxylic acids is 2. The number of sulfone groups is 1. The molecule has 2 amide bonds. The molecule has 16 heteroatoms. The van der Waals surface area contributed by atoms with E-state index in [0.717, 1.165) is 25.3 Å². The lowest BCUT2D eigenvalue weighted by Crippen LogP contribution is -2.54. The zero-order valence-electron chi connectivity index (χ0n) is 24.0.